The monoisotopic (exact) mass is 426 g/mol. The van der Waals surface area contributed by atoms with E-state index >= 15 is 0 Å². The molecule has 0 saturated heterocycles. The van der Waals surface area contributed by atoms with Crippen LogP contribution >= 0.6 is 0 Å². The van der Waals surface area contributed by atoms with Crippen molar-refractivity contribution in [2.24, 2.45) is 0 Å². The van der Waals surface area contributed by atoms with Crippen molar-refractivity contribution in [2.75, 3.05) is 13.7 Å². The van der Waals surface area contributed by atoms with Crippen LogP contribution in [0.4, 0.5) is 0 Å². The van der Waals surface area contributed by atoms with E-state index in [-0.39, 0.29) is 24.5 Å². The summed E-state index contributed by atoms with van der Waals surface area (Å²) in [6, 6.07) is 14.5. The van der Waals surface area contributed by atoms with Crippen LogP contribution in [-0.2, 0) is 16.1 Å². The van der Waals surface area contributed by atoms with Crippen molar-refractivity contribution in [3.63, 3.8) is 0 Å². The van der Waals surface area contributed by atoms with Crippen molar-refractivity contribution in [1.29, 1.82) is 0 Å². The van der Waals surface area contributed by atoms with Gasteiger partial charge >= 0.3 is 0 Å². The van der Waals surface area contributed by atoms with Gasteiger partial charge in [-0.2, -0.15) is 0 Å². The molecule has 2 amide bonds. The van der Waals surface area contributed by atoms with Crippen LogP contribution in [0.25, 0.3) is 0 Å². The lowest BCUT2D eigenvalue weighted by Crippen LogP contribution is -2.51. The minimum absolute atomic E-state index is 0.0447. The average molecular weight is 427 g/mol. The minimum atomic E-state index is -0.579. The number of amides is 2. The van der Waals surface area contributed by atoms with E-state index in [1.807, 2.05) is 76.2 Å². The van der Waals surface area contributed by atoms with E-state index in [1.165, 1.54) is 0 Å². The van der Waals surface area contributed by atoms with E-state index in [4.69, 9.17) is 9.47 Å². The number of carbonyl (C=O) groups excluding carboxylic acids is 2. The maximum absolute atomic E-state index is 13.2. The topological polar surface area (TPSA) is 67.9 Å². The lowest BCUT2D eigenvalue weighted by molar-refractivity contribution is -0.143. The van der Waals surface area contributed by atoms with E-state index in [0.717, 1.165) is 23.3 Å². The molecule has 31 heavy (non-hydrogen) atoms. The van der Waals surface area contributed by atoms with E-state index in [0.29, 0.717) is 18.7 Å². The molecule has 0 fully saturated rings. The molecular weight excluding hydrogens is 392 g/mol. The second-order valence-electron chi connectivity index (χ2n) is 7.71. The first-order valence-corrected chi connectivity index (χ1v) is 10.8. The Kier molecular flexibility index (Phi) is 9.38. The molecule has 0 aliphatic carbocycles. The number of benzene rings is 2. The van der Waals surface area contributed by atoms with Crippen molar-refractivity contribution in [3.05, 3.63) is 59.7 Å². The summed E-state index contributed by atoms with van der Waals surface area (Å²) in [5, 5.41) is 3.01. The highest BCUT2D eigenvalue weighted by molar-refractivity contribution is 5.88. The molecule has 6 heteroatoms. The number of ether oxygens (including phenoxy) is 2. The Morgan fingerprint density at radius 2 is 1.58 bits per heavy atom. The number of nitrogens with one attached hydrogen (secondary N) is 1. The average Bonchev–Trinajstić information content (AvgIpc) is 2.78. The molecule has 2 atom stereocenters. The Morgan fingerprint density at radius 3 is 2.13 bits per heavy atom. The van der Waals surface area contributed by atoms with E-state index in [9.17, 15) is 9.59 Å². The van der Waals surface area contributed by atoms with Crippen molar-refractivity contribution >= 4 is 11.8 Å². The van der Waals surface area contributed by atoms with Gasteiger partial charge in [-0.15, -0.1) is 0 Å². The Morgan fingerprint density at radius 1 is 0.968 bits per heavy atom. The predicted molar refractivity (Wildman–Crippen MR) is 122 cm³/mol. The zero-order chi connectivity index (χ0) is 22.8. The first-order chi connectivity index (χ1) is 14.9. The third-order valence-electron chi connectivity index (χ3n) is 5.28. The number of aryl methyl sites for hydroxylation is 1. The Bertz CT molecular complexity index is 834. The minimum Gasteiger partial charge on any atom is -0.497 e. The van der Waals surface area contributed by atoms with Crippen molar-refractivity contribution < 1.29 is 19.1 Å². The number of hydrogen-bond donors (Lipinski definition) is 1. The van der Waals surface area contributed by atoms with Crippen LogP contribution in [0, 0.1) is 6.92 Å². The van der Waals surface area contributed by atoms with E-state index < -0.39 is 6.04 Å². The Hall–Kier alpha value is -3.02. The summed E-state index contributed by atoms with van der Waals surface area (Å²) >= 11 is 0. The smallest absolute Gasteiger partial charge is 0.261 e. The molecule has 6 nitrogen and oxygen atoms in total. The van der Waals surface area contributed by atoms with Gasteiger partial charge in [0.25, 0.3) is 5.91 Å². The van der Waals surface area contributed by atoms with Gasteiger partial charge in [0.1, 0.15) is 17.5 Å². The van der Waals surface area contributed by atoms with Crippen LogP contribution in [0.2, 0.25) is 0 Å². The predicted octanol–water partition coefficient (Wildman–Crippen LogP) is 4.10. The maximum Gasteiger partial charge on any atom is 0.261 e. The lowest BCUT2D eigenvalue weighted by atomic mass is 10.1. The second kappa shape index (κ2) is 12.0. The van der Waals surface area contributed by atoms with Gasteiger partial charge in [0.05, 0.1) is 7.11 Å². The van der Waals surface area contributed by atoms with Gasteiger partial charge < -0.3 is 19.7 Å². The Labute approximate surface area is 185 Å². The number of hydrogen-bond acceptors (Lipinski definition) is 4. The first-order valence-electron chi connectivity index (χ1n) is 10.8. The zero-order valence-corrected chi connectivity index (χ0v) is 19.2. The van der Waals surface area contributed by atoms with E-state index in [2.05, 4.69) is 5.32 Å². The van der Waals surface area contributed by atoms with Crippen molar-refractivity contribution in [3.8, 4) is 11.5 Å². The molecule has 0 aliphatic heterocycles. The fourth-order valence-corrected chi connectivity index (χ4v) is 3.15. The molecule has 0 saturated carbocycles. The summed E-state index contributed by atoms with van der Waals surface area (Å²) in [7, 11) is 1.61. The fourth-order valence-electron chi connectivity index (χ4n) is 3.15. The number of carbonyl (C=O) groups is 2. The van der Waals surface area contributed by atoms with Gasteiger partial charge in [-0.3, -0.25) is 9.59 Å². The first kappa shape index (κ1) is 24.3. The third-order valence-corrected chi connectivity index (χ3v) is 5.28. The zero-order valence-electron chi connectivity index (χ0n) is 19.2. The summed E-state index contributed by atoms with van der Waals surface area (Å²) in [6.07, 6.45) is 1.33. The van der Waals surface area contributed by atoms with Gasteiger partial charge in [-0.1, -0.05) is 43.7 Å². The standard InChI is InChI=1S/C25H34N2O4/c1-6-19(4)26-25(29)23(7-2)27(16-20-10-14-21(30-5)15-11-20)24(28)17-31-22-12-8-18(3)9-13-22/h8-15,19,23H,6-7,16-17H2,1-5H3,(H,26,29)/t19-,23+/m0/s1. The van der Waals surface area contributed by atoms with Crippen LogP contribution in [-0.4, -0.2) is 42.5 Å². The van der Waals surface area contributed by atoms with Crippen LogP contribution in [0.15, 0.2) is 48.5 Å². The van der Waals surface area contributed by atoms with Gasteiger partial charge in [-0.25, -0.2) is 0 Å². The van der Waals surface area contributed by atoms with Crippen LogP contribution in [0.3, 0.4) is 0 Å². The number of rotatable bonds is 11. The Balaban J connectivity index is 2.20. The van der Waals surface area contributed by atoms with Crippen molar-refractivity contribution in [1.82, 2.24) is 10.2 Å². The molecule has 0 aliphatic rings. The molecule has 2 aromatic rings. The normalized spacial score (nSPS) is 12.5. The summed E-state index contributed by atoms with van der Waals surface area (Å²) < 4.78 is 10.9. The highest BCUT2D eigenvalue weighted by Crippen LogP contribution is 2.17. The molecule has 2 rings (SSSR count). The largest absolute Gasteiger partial charge is 0.497 e. The maximum atomic E-state index is 13.2. The van der Waals surface area contributed by atoms with Crippen LogP contribution in [0.1, 0.15) is 44.7 Å². The molecule has 0 aromatic heterocycles. The SMILES string of the molecule is CC[C@H](C(=O)N[C@@H](C)CC)N(Cc1ccc(OC)cc1)C(=O)COc1ccc(C)cc1. The molecule has 168 valence electrons. The molecule has 0 spiro atoms. The molecule has 0 radical (unpaired) electrons. The summed E-state index contributed by atoms with van der Waals surface area (Å²) in [5.74, 6) is 0.989. The number of nitrogens with zero attached hydrogens (tertiary/aromatic N) is 1. The molecule has 2 aromatic carbocycles. The molecule has 0 bridgehead atoms. The van der Waals surface area contributed by atoms with Crippen LogP contribution < -0.4 is 14.8 Å². The lowest BCUT2D eigenvalue weighted by Gasteiger charge is -2.31. The van der Waals surface area contributed by atoms with Crippen molar-refractivity contribution in [2.45, 2.75) is 59.2 Å². The van der Waals surface area contributed by atoms with Crippen LogP contribution in [0.5, 0.6) is 11.5 Å². The quantitative estimate of drug-likeness (QED) is 0.587. The van der Waals surface area contributed by atoms with Gasteiger partial charge in [-0.05, 0) is 56.5 Å². The summed E-state index contributed by atoms with van der Waals surface area (Å²) in [6.45, 7) is 8.06. The highest BCUT2D eigenvalue weighted by atomic mass is 16.5. The molecule has 0 unspecified atom stereocenters. The highest BCUT2D eigenvalue weighted by Gasteiger charge is 2.29. The fraction of sp³-hybridized carbons (Fsp3) is 0.440. The van der Waals surface area contributed by atoms with Gasteiger partial charge in [0.15, 0.2) is 6.61 Å². The van der Waals surface area contributed by atoms with Gasteiger partial charge in [0.2, 0.25) is 5.91 Å². The molecular formula is C25H34N2O4. The van der Waals surface area contributed by atoms with E-state index in [1.54, 1.807) is 12.0 Å². The number of methoxy groups -OCH3 is 1. The third kappa shape index (κ3) is 7.31. The second-order valence-corrected chi connectivity index (χ2v) is 7.71. The van der Waals surface area contributed by atoms with Gasteiger partial charge in [0, 0.05) is 12.6 Å². The molecule has 0 heterocycles. The molecule has 1 N–H and O–H groups in total. The summed E-state index contributed by atoms with van der Waals surface area (Å²) in [4.78, 5) is 27.7. The summed E-state index contributed by atoms with van der Waals surface area (Å²) in [5.41, 5.74) is 2.03.